The quantitative estimate of drug-likeness (QED) is 0.746. The van der Waals surface area contributed by atoms with Gasteiger partial charge in [-0.05, 0) is 37.6 Å². The van der Waals surface area contributed by atoms with Gasteiger partial charge in [-0.3, -0.25) is 9.48 Å². The van der Waals surface area contributed by atoms with Crippen LogP contribution in [0.2, 0.25) is 0 Å². The molecule has 1 aliphatic heterocycles. The summed E-state index contributed by atoms with van der Waals surface area (Å²) in [6.45, 7) is 1.68. The summed E-state index contributed by atoms with van der Waals surface area (Å²) < 4.78 is 45.4. The maximum Gasteiger partial charge on any atom is 0.421 e. The Morgan fingerprint density at radius 1 is 1.41 bits per heavy atom. The zero-order valence-corrected chi connectivity index (χ0v) is 14.5. The molecule has 0 spiro atoms. The first-order valence-corrected chi connectivity index (χ1v) is 8.64. The number of piperidine rings is 1. The molecular weight excluding hydrogens is 363 g/mol. The number of hydrogen-bond acceptors (Lipinski definition) is 5. The summed E-state index contributed by atoms with van der Waals surface area (Å²) in [5, 5.41) is 10.1. The Morgan fingerprint density at radius 3 is 3.00 bits per heavy atom. The highest BCUT2D eigenvalue weighted by Gasteiger charge is 2.35. The molecule has 0 bridgehead atoms. The summed E-state index contributed by atoms with van der Waals surface area (Å²) in [7, 11) is 0. The maximum absolute atomic E-state index is 12.9. The summed E-state index contributed by atoms with van der Waals surface area (Å²) >= 11 is 0. The fraction of sp³-hybridized carbons (Fsp3) is 0.471. The summed E-state index contributed by atoms with van der Waals surface area (Å²) in [5.41, 5.74) is -0.689. The smallest absolute Gasteiger partial charge is 0.421 e. The second kappa shape index (κ2) is 8.38. The van der Waals surface area contributed by atoms with Crippen LogP contribution in [0.3, 0.4) is 0 Å². The average molecular weight is 383 g/mol. The van der Waals surface area contributed by atoms with E-state index in [4.69, 9.17) is 4.74 Å². The van der Waals surface area contributed by atoms with Gasteiger partial charge in [0.15, 0.2) is 0 Å². The lowest BCUT2D eigenvalue weighted by atomic mass is 10.1. The molecule has 1 aliphatic rings. The molecule has 2 aromatic heterocycles. The number of nitrogens with one attached hydrogen (secondary N) is 2. The van der Waals surface area contributed by atoms with Gasteiger partial charge in [0.25, 0.3) is 5.91 Å². The predicted octanol–water partition coefficient (Wildman–Crippen LogP) is 2.03. The highest BCUT2D eigenvalue weighted by molar-refractivity contribution is 5.92. The van der Waals surface area contributed by atoms with E-state index in [-0.39, 0.29) is 24.9 Å². The van der Waals surface area contributed by atoms with Crippen molar-refractivity contribution in [2.24, 2.45) is 0 Å². The SMILES string of the molecule is O=C(NCCOc1ncccc1C(F)(F)F)c1ccn(C2CCCNC2)n1. The average Bonchev–Trinajstić information content (AvgIpc) is 3.16. The first-order valence-electron chi connectivity index (χ1n) is 8.64. The number of aromatic nitrogens is 3. The molecule has 2 N–H and O–H groups in total. The summed E-state index contributed by atoms with van der Waals surface area (Å²) in [6.07, 6.45) is 0.474. The van der Waals surface area contributed by atoms with Gasteiger partial charge in [-0.15, -0.1) is 0 Å². The molecule has 1 unspecified atom stereocenters. The van der Waals surface area contributed by atoms with Gasteiger partial charge in [-0.1, -0.05) is 0 Å². The van der Waals surface area contributed by atoms with Gasteiger partial charge in [0.1, 0.15) is 17.9 Å². The molecule has 27 heavy (non-hydrogen) atoms. The van der Waals surface area contributed by atoms with Crippen molar-refractivity contribution < 1.29 is 22.7 Å². The summed E-state index contributed by atoms with van der Waals surface area (Å²) in [5.74, 6) is -0.911. The molecule has 3 rings (SSSR count). The molecule has 10 heteroatoms. The van der Waals surface area contributed by atoms with Crippen molar-refractivity contribution in [2.75, 3.05) is 26.2 Å². The third-order valence-corrected chi connectivity index (χ3v) is 4.19. The number of nitrogens with zero attached hydrogens (tertiary/aromatic N) is 3. The van der Waals surface area contributed by atoms with Gasteiger partial charge < -0.3 is 15.4 Å². The summed E-state index contributed by atoms with van der Waals surface area (Å²) in [4.78, 5) is 15.7. The van der Waals surface area contributed by atoms with Crippen molar-refractivity contribution in [1.29, 1.82) is 0 Å². The van der Waals surface area contributed by atoms with Gasteiger partial charge in [0.2, 0.25) is 5.88 Å². The van der Waals surface area contributed by atoms with Crippen LogP contribution in [0, 0.1) is 0 Å². The topological polar surface area (TPSA) is 81.1 Å². The number of ether oxygens (including phenoxy) is 1. The standard InChI is InChI=1S/C17H20F3N5O2/c18-17(19,20)13-4-2-7-23-16(13)27-10-8-22-15(26)14-5-9-25(24-14)12-3-1-6-21-11-12/h2,4-5,7,9,12,21H,1,3,6,8,10-11H2,(H,22,26). The molecule has 0 saturated carbocycles. The summed E-state index contributed by atoms with van der Waals surface area (Å²) in [6, 6.07) is 3.92. The van der Waals surface area contributed by atoms with Crippen molar-refractivity contribution in [3.8, 4) is 5.88 Å². The zero-order chi connectivity index (χ0) is 19.3. The normalized spacial score (nSPS) is 17.5. The van der Waals surface area contributed by atoms with Crippen LogP contribution in [0.25, 0.3) is 0 Å². The van der Waals surface area contributed by atoms with Crippen LogP contribution >= 0.6 is 0 Å². The monoisotopic (exact) mass is 383 g/mol. The minimum absolute atomic E-state index is 0.0323. The van der Waals surface area contributed by atoms with E-state index in [9.17, 15) is 18.0 Å². The highest BCUT2D eigenvalue weighted by Crippen LogP contribution is 2.34. The molecule has 2 aromatic rings. The van der Waals surface area contributed by atoms with Crippen molar-refractivity contribution >= 4 is 5.91 Å². The Balaban J connectivity index is 1.49. The largest absolute Gasteiger partial charge is 0.475 e. The third-order valence-electron chi connectivity index (χ3n) is 4.19. The zero-order valence-electron chi connectivity index (χ0n) is 14.5. The lowest BCUT2D eigenvalue weighted by Gasteiger charge is -2.22. The van der Waals surface area contributed by atoms with Crippen LogP contribution in [0.5, 0.6) is 5.88 Å². The Labute approximate surface area is 153 Å². The van der Waals surface area contributed by atoms with Gasteiger partial charge in [-0.2, -0.15) is 18.3 Å². The molecule has 3 heterocycles. The maximum atomic E-state index is 12.9. The Morgan fingerprint density at radius 2 is 2.26 bits per heavy atom. The number of alkyl halides is 3. The molecule has 0 aliphatic carbocycles. The van der Waals surface area contributed by atoms with Crippen LogP contribution in [0.15, 0.2) is 30.6 Å². The number of rotatable bonds is 6. The lowest BCUT2D eigenvalue weighted by molar-refractivity contribution is -0.139. The van der Waals surface area contributed by atoms with E-state index in [0.717, 1.165) is 32.0 Å². The van der Waals surface area contributed by atoms with Crippen LogP contribution in [-0.2, 0) is 6.18 Å². The molecule has 1 atom stereocenters. The Bertz CT molecular complexity index is 772. The van der Waals surface area contributed by atoms with Crippen LogP contribution < -0.4 is 15.4 Å². The number of carbonyl (C=O) groups is 1. The first kappa shape index (κ1) is 19.2. The molecule has 1 amide bonds. The first-order chi connectivity index (χ1) is 12.9. The molecule has 7 nitrogen and oxygen atoms in total. The van der Waals surface area contributed by atoms with E-state index < -0.39 is 23.5 Å². The second-order valence-electron chi connectivity index (χ2n) is 6.14. The molecule has 0 radical (unpaired) electrons. The number of amides is 1. The van der Waals surface area contributed by atoms with Crippen LogP contribution in [-0.4, -0.2) is 46.9 Å². The fourth-order valence-corrected chi connectivity index (χ4v) is 2.85. The van der Waals surface area contributed by atoms with Gasteiger partial charge in [0.05, 0.1) is 12.6 Å². The van der Waals surface area contributed by atoms with E-state index in [1.807, 2.05) is 0 Å². The number of carbonyl (C=O) groups excluding carboxylic acids is 1. The number of halogens is 3. The minimum Gasteiger partial charge on any atom is -0.475 e. The Kier molecular flexibility index (Phi) is 5.94. The van der Waals surface area contributed by atoms with E-state index in [2.05, 4.69) is 20.7 Å². The molecular formula is C17H20F3N5O2. The third kappa shape index (κ3) is 4.97. The predicted molar refractivity (Wildman–Crippen MR) is 90.4 cm³/mol. The molecule has 1 saturated heterocycles. The van der Waals surface area contributed by atoms with E-state index in [1.54, 1.807) is 16.9 Å². The van der Waals surface area contributed by atoms with Crippen molar-refractivity contribution in [1.82, 2.24) is 25.4 Å². The number of pyridine rings is 1. The van der Waals surface area contributed by atoms with Crippen molar-refractivity contribution in [3.05, 3.63) is 41.9 Å². The van der Waals surface area contributed by atoms with Crippen LogP contribution in [0.1, 0.15) is 34.9 Å². The van der Waals surface area contributed by atoms with E-state index in [0.29, 0.717) is 0 Å². The van der Waals surface area contributed by atoms with E-state index >= 15 is 0 Å². The molecule has 146 valence electrons. The number of hydrogen-bond donors (Lipinski definition) is 2. The van der Waals surface area contributed by atoms with Crippen molar-refractivity contribution in [2.45, 2.75) is 25.1 Å². The highest BCUT2D eigenvalue weighted by atomic mass is 19.4. The lowest BCUT2D eigenvalue weighted by Crippen LogP contribution is -2.32. The Hall–Kier alpha value is -2.62. The fourth-order valence-electron chi connectivity index (χ4n) is 2.85. The van der Waals surface area contributed by atoms with Gasteiger partial charge >= 0.3 is 6.18 Å². The van der Waals surface area contributed by atoms with Gasteiger partial charge in [0, 0.05) is 18.9 Å². The van der Waals surface area contributed by atoms with Gasteiger partial charge in [-0.25, -0.2) is 4.98 Å². The molecule has 1 fully saturated rings. The van der Waals surface area contributed by atoms with Crippen LogP contribution in [0.4, 0.5) is 13.2 Å². The van der Waals surface area contributed by atoms with Crippen molar-refractivity contribution in [3.63, 3.8) is 0 Å². The minimum atomic E-state index is -4.55. The second-order valence-corrected chi connectivity index (χ2v) is 6.14. The van der Waals surface area contributed by atoms with E-state index in [1.165, 1.54) is 12.3 Å². The molecule has 0 aromatic carbocycles.